The molecule has 10 heteroatoms. The number of nitrogens with zero attached hydrogens (tertiary/aromatic N) is 1. The van der Waals surface area contributed by atoms with Crippen LogP contribution in [0.1, 0.15) is 28.4 Å². The van der Waals surface area contributed by atoms with Gasteiger partial charge in [0.1, 0.15) is 29.2 Å². The van der Waals surface area contributed by atoms with Crippen molar-refractivity contribution < 1.29 is 28.9 Å². The first-order chi connectivity index (χ1) is 18.4. The van der Waals surface area contributed by atoms with Crippen LogP contribution in [0, 0.1) is 0 Å². The SMILES string of the molecule is O=C(O)OC1CCOc2cc(Oc3ccc(C(=O)Nc4cccc(-c5ccc(Cl)cc5)n4)cc3)c(Cl)cc21. The molecule has 3 aromatic carbocycles. The summed E-state index contributed by atoms with van der Waals surface area (Å²) in [6, 6.07) is 22.3. The van der Waals surface area contributed by atoms with Crippen molar-refractivity contribution in [3.63, 3.8) is 0 Å². The van der Waals surface area contributed by atoms with Gasteiger partial charge >= 0.3 is 6.16 Å². The highest BCUT2D eigenvalue weighted by atomic mass is 35.5. The lowest BCUT2D eigenvalue weighted by molar-refractivity contribution is 0.0326. The van der Waals surface area contributed by atoms with E-state index in [1.165, 1.54) is 0 Å². The minimum Gasteiger partial charge on any atom is -0.493 e. The maximum atomic E-state index is 12.8. The molecule has 1 unspecified atom stereocenters. The molecular formula is C28H20Cl2N2O6. The Morgan fingerprint density at radius 2 is 1.76 bits per heavy atom. The van der Waals surface area contributed by atoms with E-state index < -0.39 is 12.3 Å². The van der Waals surface area contributed by atoms with Gasteiger partial charge in [0, 0.05) is 34.2 Å². The number of anilines is 1. The summed E-state index contributed by atoms with van der Waals surface area (Å²) in [6.45, 7) is 0.299. The Labute approximate surface area is 227 Å². The van der Waals surface area contributed by atoms with Crippen LogP contribution in [-0.4, -0.2) is 28.8 Å². The zero-order valence-corrected chi connectivity index (χ0v) is 21.2. The molecule has 0 saturated carbocycles. The van der Waals surface area contributed by atoms with Gasteiger partial charge in [-0.15, -0.1) is 0 Å². The summed E-state index contributed by atoms with van der Waals surface area (Å²) in [4.78, 5) is 28.3. The van der Waals surface area contributed by atoms with Crippen LogP contribution in [0.5, 0.6) is 17.2 Å². The molecule has 1 amide bonds. The number of fused-ring (bicyclic) bond motifs is 1. The van der Waals surface area contributed by atoms with Gasteiger partial charge in [-0.05, 0) is 54.6 Å². The zero-order chi connectivity index (χ0) is 26.6. The molecule has 0 saturated heterocycles. The molecule has 0 aliphatic carbocycles. The normalized spacial score (nSPS) is 14.1. The summed E-state index contributed by atoms with van der Waals surface area (Å²) >= 11 is 12.3. The summed E-state index contributed by atoms with van der Waals surface area (Å²) in [5, 5.41) is 12.7. The van der Waals surface area contributed by atoms with Gasteiger partial charge in [-0.3, -0.25) is 4.79 Å². The van der Waals surface area contributed by atoms with E-state index in [1.54, 1.807) is 54.6 Å². The van der Waals surface area contributed by atoms with Gasteiger partial charge in [-0.2, -0.15) is 0 Å². The van der Waals surface area contributed by atoms with Crippen molar-refractivity contribution in [1.82, 2.24) is 4.98 Å². The lowest BCUT2D eigenvalue weighted by Crippen LogP contribution is -2.18. The molecule has 8 nitrogen and oxygen atoms in total. The molecule has 0 spiro atoms. The number of nitrogens with one attached hydrogen (secondary N) is 1. The summed E-state index contributed by atoms with van der Waals surface area (Å²) in [7, 11) is 0. The van der Waals surface area contributed by atoms with Crippen LogP contribution < -0.4 is 14.8 Å². The molecule has 4 aromatic rings. The molecule has 0 radical (unpaired) electrons. The molecule has 192 valence electrons. The zero-order valence-electron chi connectivity index (χ0n) is 19.7. The molecular weight excluding hydrogens is 531 g/mol. The van der Waals surface area contributed by atoms with Gasteiger partial charge in [0.15, 0.2) is 0 Å². The van der Waals surface area contributed by atoms with Crippen LogP contribution in [0.3, 0.4) is 0 Å². The number of carboxylic acid groups (broad SMARTS) is 1. The van der Waals surface area contributed by atoms with Gasteiger partial charge < -0.3 is 24.6 Å². The van der Waals surface area contributed by atoms with Crippen molar-refractivity contribution in [3.05, 3.63) is 100 Å². The van der Waals surface area contributed by atoms with Crippen LogP contribution in [0.2, 0.25) is 10.0 Å². The van der Waals surface area contributed by atoms with Crippen molar-refractivity contribution >= 4 is 41.1 Å². The number of rotatable bonds is 6. The molecule has 0 fully saturated rings. The number of halogens is 2. The summed E-state index contributed by atoms with van der Waals surface area (Å²) in [5.41, 5.74) is 2.53. The molecule has 0 bridgehead atoms. The van der Waals surface area contributed by atoms with Gasteiger partial charge in [0.2, 0.25) is 0 Å². The Kier molecular flexibility index (Phi) is 7.35. The molecule has 1 aromatic heterocycles. The number of aromatic nitrogens is 1. The Morgan fingerprint density at radius 1 is 1.00 bits per heavy atom. The van der Waals surface area contributed by atoms with Crippen molar-refractivity contribution in [1.29, 1.82) is 0 Å². The molecule has 1 atom stereocenters. The number of carbonyl (C=O) groups is 2. The fraction of sp³-hybridized carbons (Fsp3) is 0.107. The van der Waals surface area contributed by atoms with E-state index in [2.05, 4.69) is 10.3 Å². The fourth-order valence-corrected chi connectivity index (χ4v) is 4.29. The van der Waals surface area contributed by atoms with Crippen LogP contribution in [-0.2, 0) is 4.74 Å². The third kappa shape index (κ3) is 5.82. The van der Waals surface area contributed by atoms with Crippen molar-refractivity contribution in [3.8, 4) is 28.5 Å². The first kappa shape index (κ1) is 25.4. The van der Waals surface area contributed by atoms with Gasteiger partial charge in [-0.25, -0.2) is 9.78 Å². The maximum absolute atomic E-state index is 12.8. The van der Waals surface area contributed by atoms with Gasteiger partial charge in [0.25, 0.3) is 5.91 Å². The highest BCUT2D eigenvalue weighted by molar-refractivity contribution is 6.32. The smallest absolute Gasteiger partial charge is 0.493 e. The second-order valence-corrected chi connectivity index (χ2v) is 9.17. The fourth-order valence-electron chi connectivity index (χ4n) is 3.96. The van der Waals surface area contributed by atoms with Crippen LogP contribution >= 0.6 is 23.2 Å². The largest absolute Gasteiger partial charge is 0.506 e. The van der Waals surface area contributed by atoms with E-state index in [-0.39, 0.29) is 10.9 Å². The Morgan fingerprint density at radius 3 is 2.50 bits per heavy atom. The topological polar surface area (TPSA) is 107 Å². The van der Waals surface area contributed by atoms with E-state index in [0.717, 1.165) is 5.56 Å². The van der Waals surface area contributed by atoms with Crippen molar-refractivity contribution in [2.75, 3.05) is 11.9 Å². The number of carbonyl (C=O) groups excluding carboxylic acids is 1. The Bertz CT molecular complexity index is 1490. The van der Waals surface area contributed by atoms with Crippen molar-refractivity contribution in [2.45, 2.75) is 12.5 Å². The quantitative estimate of drug-likeness (QED) is 0.238. The molecule has 1 aliphatic rings. The third-order valence-corrected chi connectivity index (χ3v) is 6.31. The van der Waals surface area contributed by atoms with E-state index in [9.17, 15) is 9.59 Å². The second kappa shape index (κ2) is 11.0. The lowest BCUT2D eigenvalue weighted by atomic mass is 10.0. The van der Waals surface area contributed by atoms with Crippen LogP contribution in [0.25, 0.3) is 11.3 Å². The lowest BCUT2D eigenvalue weighted by Gasteiger charge is -2.25. The summed E-state index contributed by atoms with van der Waals surface area (Å²) in [5.74, 6) is 1.28. The standard InChI is InChI=1S/C28H20Cl2N2O6/c29-18-8-4-16(5-9-18)22-2-1-3-26(31-22)32-27(33)17-6-10-19(11-7-17)37-25-15-24-20(14-21(25)30)23(12-13-36-24)38-28(34)35/h1-11,14-15,23H,12-13H2,(H,34,35)(H,31,32,33). The van der Waals surface area contributed by atoms with E-state index >= 15 is 0 Å². The number of hydrogen-bond donors (Lipinski definition) is 2. The van der Waals surface area contributed by atoms with Gasteiger partial charge in [-0.1, -0.05) is 41.4 Å². The number of amides is 1. The number of hydrogen-bond acceptors (Lipinski definition) is 6. The highest BCUT2D eigenvalue weighted by Crippen LogP contribution is 2.42. The first-order valence-electron chi connectivity index (χ1n) is 11.5. The molecule has 38 heavy (non-hydrogen) atoms. The Balaban J connectivity index is 1.27. The maximum Gasteiger partial charge on any atom is 0.506 e. The van der Waals surface area contributed by atoms with E-state index in [0.29, 0.717) is 57.9 Å². The summed E-state index contributed by atoms with van der Waals surface area (Å²) < 4.78 is 16.5. The van der Waals surface area contributed by atoms with Crippen LogP contribution in [0.15, 0.2) is 78.9 Å². The Hall–Kier alpha value is -4.27. The highest BCUT2D eigenvalue weighted by Gasteiger charge is 2.27. The number of benzene rings is 3. The predicted molar refractivity (Wildman–Crippen MR) is 143 cm³/mol. The minimum absolute atomic E-state index is 0.265. The first-order valence-corrected chi connectivity index (χ1v) is 12.3. The average Bonchev–Trinajstić information content (AvgIpc) is 2.90. The number of ether oxygens (including phenoxy) is 3. The third-order valence-electron chi connectivity index (χ3n) is 5.77. The predicted octanol–water partition coefficient (Wildman–Crippen LogP) is 7.62. The minimum atomic E-state index is -1.37. The second-order valence-electron chi connectivity index (χ2n) is 8.33. The van der Waals surface area contributed by atoms with E-state index in [1.807, 2.05) is 24.3 Å². The van der Waals surface area contributed by atoms with Gasteiger partial charge in [0.05, 0.1) is 17.3 Å². The molecule has 5 rings (SSSR count). The molecule has 2 N–H and O–H groups in total. The summed E-state index contributed by atoms with van der Waals surface area (Å²) in [6.07, 6.45) is -1.64. The molecule has 1 aliphatic heterocycles. The van der Waals surface area contributed by atoms with Crippen LogP contribution in [0.4, 0.5) is 10.6 Å². The monoisotopic (exact) mass is 550 g/mol. The number of pyridine rings is 1. The van der Waals surface area contributed by atoms with E-state index in [4.69, 9.17) is 42.5 Å². The van der Waals surface area contributed by atoms with Crippen molar-refractivity contribution in [2.24, 2.45) is 0 Å². The molecule has 2 heterocycles. The average molecular weight is 551 g/mol.